The molecule has 0 fully saturated rings. The van der Waals surface area contributed by atoms with Crippen molar-refractivity contribution in [1.29, 1.82) is 0 Å². The third-order valence-corrected chi connectivity index (χ3v) is 7.17. The Morgan fingerprint density at radius 2 is 1.96 bits per heavy atom. The van der Waals surface area contributed by atoms with Gasteiger partial charge in [0.25, 0.3) is 10.0 Å². The molecule has 4 nitrogen and oxygen atoms in total. The summed E-state index contributed by atoms with van der Waals surface area (Å²) in [5.74, 6) is -0.457. The summed E-state index contributed by atoms with van der Waals surface area (Å²) >= 11 is 4.34. The molecule has 0 aliphatic carbocycles. The van der Waals surface area contributed by atoms with Crippen LogP contribution in [-0.2, 0) is 23.1 Å². The van der Waals surface area contributed by atoms with Crippen molar-refractivity contribution in [2.24, 2.45) is 0 Å². The number of rotatable bonds is 6. The summed E-state index contributed by atoms with van der Waals surface area (Å²) in [6, 6.07) is 13.1. The van der Waals surface area contributed by atoms with E-state index in [-0.39, 0.29) is 17.3 Å². The summed E-state index contributed by atoms with van der Waals surface area (Å²) < 4.78 is 42.2. The molecule has 3 rings (SSSR count). The van der Waals surface area contributed by atoms with Crippen molar-refractivity contribution in [3.05, 3.63) is 81.7 Å². The molecule has 0 saturated carbocycles. The lowest BCUT2D eigenvalue weighted by Gasteiger charge is -2.21. The van der Waals surface area contributed by atoms with E-state index < -0.39 is 15.8 Å². The number of thiophene rings is 1. The van der Waals surface area contributed by atoms with Gasteiger partial charge in [-0.15, -0.1) is 11.3 Å². The van der Waals surface area contributed by atoms with Crippen molar-refractivity contribution in [1.82, 2.24) is 9.29 Å². The van der Waals surface area contributed by atoms with Crippen LogP contribution in [0.2, 0.25) is 0 Å². The minimum atomic E-state index is -3.75. The molecule has 2 heterocycles. The number of aromatic nitrogens is 1. The van der Waals surface area contributed by atoms with Crippen LogP contribution in [0.15, 0.2) is 68.8 Å². The summed E-state index contributed by atoms with van der Waals surface area (Å²) in [5, 5.41) is 1.70. The van der Waals surface area contributed by atoms with Crippen LogP contribution >= 0.6 is 27.3 Å². The number of hydrogen-bond donors (Lipinski definition) is 0. The van der Waals surface area contributed by atoms with Gasteiger partial charge in [0.2, 0.25) is 0 Å². The fourth-order valence-corrected chi connectivity index (χ4v) is 5.14. The Labute approximate surface area is 158 Å². The fourth-order valence-electron chi connectivity index (χ4n) is 2.28. The van der Waals surface area contributed by atoms with E-state index in [0.29, 0.717) is 15.7 Å². The standard InChI is InChI=1S/C17H14BrFN2O2S2/c18-14-7-6-13(16(19)10-14)11-21(12-15-4-1-2-8-20-15)25(22,23)17-5-3-9-24-17/h1-10H,11-12H2. The van der Waals surface area contributed by atoms with E-state index in [0.717, 1.165) is 11.3 Å². The first kappa shape index (κ1) is 18.2. The maximum Gasteiger partial charge on any atom is 0.253 e. The highest BCUT2D eigenvalue weighted by Gasteiger charge is 2.27. The minimum Gasteiger partial charge on any atom is -0.260 e. The Hall–Kier alpha value is -1.61. The van der Waals surface area contributed by atoms with Gasteiger partial charge >= 0.3 is 0 Å². The molecule has 130 valence electrons. The number of benzene rings is 1. The Bertz CT molecular complexity index is 948. The highest BCUT2D eigenvalue weighted by Crippen LogP contribution is 2.25. The lowest BCUT2D eigenvalue weighted by Crippen LogP contribution is -2.30. The Kier molecular flexibility index (Phi) is 5.63. The summed E-state index contributed by atoms with van der Waals surface area (Å²) in [4.78, 5) is 4.19. The number of sulfonamides is 1. The lowest BCUT2D eigenvalue weighted by atomic mass is 10.2. The first-order valence-electron chi connectivity index (χ1n) is 7.34. The summed E-state index contributed by atoms with van der Waals surface area (Å²) in [5.41, 5.74) is 0.902. The molecule has 0 radical (unpaired) electrons. The Balaban J connectivity index is 1.97. The maximum atomic E-state index is 14.2. The average Bonchev–Trinajstić information content (AvgIpc) is 3.13. The molecule has 3 aromatic rings. The second kappa shape index (κ2) is 7.74. The van der Waals surface area contributed by atoms with Crippen molar-refractivity contribution in [3.8, 4) is 0 Å². The molecule has 0 atom stereocenters. The predicted molar refractivity (Wildman–Crippen MR) is 99.1 cm³/mol. The van der Waals surface area contributed by atoms with Crippen LogP contribution in [-0.4, -0.2) is 17.7 Å². The second-order valence-electron chi connectivity index (χ2n) is 5.26. The van der Waals surface area contributed by atoms with Crippen molar-refractivity contribution in [2.75, 3.05) is 0 Å². The zero-order chi connectivity index (χ0) is 17.9. The zero-order valence-corrected chi connectivity index (χ0v) is 16.2. The number of halogens is 2. The van der Waals surface area contributed by atoms with Crippen molar-refractivity contribution < 1.29 is 12.8 Å². The van der Waals surface area contributed by atoms with Gasteiger partial charge in [0, 0.05) is 22.8 Å². The molecule has 0 bridgehead atoms. The van der Waals surface area contributed by atoms with E-state index >= 15 is 0 Å². The fraction of sp³-hybridized carbons (Fsp3) is 0.118. The molecule has 0 spiro atoms. The number of hydrogen-bond acceptors (Lipinski definition) is 4. The van der Waals surface area contributed by atoms with Crippen LogP contribution in [0.3, 0.4) is 0 Å². The molecule has 0 saturated heterocycles. The van der Waals surface area contributed by atoms with Gasteiger partial charge in [-0.2, -0.15) is 4.31 Å². The van der Waals surface area contributed by atoms with E-state index in [2.05, 4.69) is 20.9 Å². The molecule has 0 aliphatic heterocycles. The number of nitrogens with zero attached hydrogens (tertiary/aromatic N) is 2. The van der Waals surface area contributed by atoms with Gasteiger partial charge in [0.1, 0.15) is 10.0 Å². The van der Waals surface area contributed by atoms with Gasteiger partial charge in [-0.05, 0) is 35.7 Å². The van der Waals surface area contributed by atoms with Crippen LogP contribution in [0.25, 0.3) is 0 Å². The molecule has 0 aliphatic rings. The molecular weight excluding hydrogens is 427 g/mol. The van der Waals surface area contributed by atoms with Gasteiger partial charge in [-0.25, -0.2) is 12.8 Å². The molecule has 8 heteroatoms. The minimum absolute atomic E-state index is 0.0660. The third kappa shape index (κ3) is 4.33. The smallest absolute Gasteiger partial charge is 0.253 e. The van der Waals surface area contributed by atoms with E-state index in [1.807, 2.05) is 0 Å². The molecule has 1 aromatic carbocycles. The van der Waals surface area contributed by atoms with E-state index in [9.17, 15) is 12.8 Å². The topological polar surface area (TPSA) is 50.3 Å². The van der Waals surface area contributed by atoms with Crippen LogP contribution in [0.5, 0.6) is 0 Å². The van der Waals surface area contributed by atoms with E-state index in [4.69, 9.17) is 0 Å². The molecule has 25 heavy (non-hydrogen) atoms. The van der Waals surface area contributed by atoms with Gasteiger partial charge in [0.05, 0.1) is 12.2 Å². The Morgan fingerprint density at radius 1 is 1.12 bits per heavy atom. The van der Waals surface area contributed by atoms with Crippen molar-refractivity contribution in [3.63, 3.8) is 0 Å². The van der Waals surface area contributed by atoms with Crippen LogP contribution < -0.4 is 0 Å². The van der Waals surface area contributed by atoms with Crippen molar-refractivity contribution in [2.45, 2.75) is 17.3 Å². The summed E-state index contributed by atoms with van der Waals surface area (Å²) in [7, 11) is -3.75. The molecule has 0 amide bonds. The highest BCUT2D eigenvalue weighted by molar-refractivity contribution is 9.10. The van der Waals surface area contributed by atoms with Gasteiger partial charge in [-0.3, -0.25) is 4.98 Å². The van der Waals surface area contributed by atoms with Crippen LogP contribution in [0, 0.1) is 5.82 Å². The third-order valence-electron chi connectivity index (χ3n) is 3.52. The highest BCUT2D eigenvalue weighted by atomic mass is 79.9. The largest absolute Gasteiger partial charge is 0.260 e. The van der Waals surface area contributed by atoms with Gasteiger partial charge < -0.3 is 0 Å². The first-order chi connectivity index (χ1) is 12.0. The van der Waals surface area contributed by atoms with Gasteiger partial charge in [0.15, 0.2) is 0 Å². The lowest BCUT2D eigenvalue weighted by molar-refractivity contribution is 0.391. The normalized spacial score (nSPS) is 11.8. The molecule has 0 N–H and O–H groups in total. The predicted octanol–water partition coefficient (Wildman–Crippen LogP) is 4.44. The summed E-state index contributed by atoms with van der Waals surface area (Å²) in [6.07, 6.45) is 1.60. The van der Waals surface area contributed by atoms with E-state index in [1.165, 1.54) is 10.4 Å². The molecule has 2 aromatic heterocycles. The van der Waals surface area contributed by atoms with Crippen LogP contribution in [0.4, 0.5) is 4.39 Å². The molecular formula is C17H14BrFN2O2S2. The number of pyridine rings is 1. The average molecular weight is 441 g/mol. The van der Waals surface area contributed by atoms with E-state index in [1.54, 1.807) is 54.0 Å². The maximum absolute atomic E-state index is 14.2. The second-order valence-corrected chi connectivity index (χ2v) is 9.29. The van der Waals surface area contributed by atoms with Crippen LogP contribution in [0.1, 0.15) is 11.3 Å². The monoisotopic (exact) mass is 440 g/mol. The van der Waals surface area contributed by atoms with Gasteiger partial charge in [-0.1, -0.05) is 34.1 Å². The van der Waals surface area contributed by atoms with Crippen molar-refractivity contribution >= 4 is 37.3 Å². The SMILES string of the molecule is O=S(=O)(c1cccs1)N(Cc1ccccn1)Cc1ccc(Br)cc1F. The Morgan fingerprint density at radius 3 is 2.60 bits per heavy atom. The summed E-state index contributed by atoms with van der Waals surface area (Å²) in [6.45, 7) is -0.00744. The zero-order valence-electron chi connectivity index (χ0n) is 13.0. The molecule has 0 unspecified atom stereocenters. The quantitative estimate of drug-likeness (QED) is 0.569. The first-order valence-corrected chi connectivity index (χ1v) is 10.5.